The molecule has 0 radical (unpaired) electrons. The lowest BCUT2D eigenvalue weighted by Crippen LogP contribution is -2.46. The number of allylic oxidation sites excluding steroid dienone is 6. The number of hydrogen-bond donors (Lipinski definition) is 3. The quantitative estimate of drug-likeness (QED) is 0.0245. The number of aliphatic hydroxyl groups excluding tert-OH is 2. The van der Waals surface area contributed by atoms with Gasteiger partial charge in [0.05, 0.1) is 25.2 Å². The van der Waals surface area contributed by atoms with Crippen LogP contribution in [0, 0.1) is 0 Å². The summed E-state index contributed by atoms with van der Waals surface area (Å²) < 4.78 is 5.92. The van der Waals surface area contributed by atoms with Crippen LogP contribution >= 0.6 is 0 Å². The molecule has 0 aliphatic heterocycles. The minimum Gasteiger partial charge on any atom is -0.462 e. The Morgan fingerprint density at radius 3 is 1.28 bits per heavy atom. The molecule has 0 spiro atoms. The molecule has 358 valence electrons. The molecule has 0 heterocycles. The van der Waals surface area contributed by atoms with Gasteiger partial charge in [0.15, 0.2) is 0 Å². The SMILES string of the molecule is CCCCCCCCC/C=C/C=C/CCCCCC(=O)OC(CCCCC/C=C/CCCCCCCCC)CC(=O)NC(CO)C(O)CCCCCCCCCCCCCC. The Balaban J connectivity index is 4.63. The molecule has 0 fully saturated rings. The van der Waals surface area contributed by atoms with Gasteiger partial charge in [0.1, 0.15) is 6.10 Å². The number of carbonyl (C=O) groups excluding carboxylic acids is 2. The Bertz CT molecular complexity index is 1010. The molecule has 0 saturated heterocycles. The number of nitrogens with one attached hydrogen (secondary N) is 1. The first-order valence-corrected chi connectivity index (χ1v) is 26.7. The van der Waals surface area contributed by atoms with Gasteiger partial charge in [0.2, 0.25) is 5.91 Å². The van der Waals surface area contributed by atoms with Gasteiger partial charge in [-0.2, -0.15) is 0 Å². The minimum atomic E-state index is -0.794. The summed E-state index contributed by atoms with van der Waals surface area (Å²) in [5.41, 5.74) is 0. The molecule has 61 heavy (non-hydrogen) atoms. The summed E-state index contributed by atoms with van der Waals surface area (Å²) in [6.07, 6.45) is 57.7. The molecule has 0 aliphatic rings. The van der Waals surface area contributed by atoms with Crippen molar-refractivity contribution in [2.45, 2.75) is 296 Å². The van der Waals surface area contributed by atoms with Crippen LogP contribution in [-0.4, -0.2) is 46.9 Å². The topological polar surface area (TPSA) is 95.9 Å². The van der Waals surface area contributed by atoms with E-state index in [9.17, 15) is 19.8 Å². The lowest BCUT2D eigenvalue weighted by atomic mass is 10.0. The third-order valence-electron chi connectivity index (χ3n) is 12.2. The summed E-state index contributed by atoms with van der Waals surface area (Å²) in [5, 5.41) is 23.8. The maximum Gasteiger partial charge on any atom is 0.306 e. The summed E-state index contributed by atoms with van der Waals surface area (Å²) in [6.45, 7) is 6.48. The van der Waals surface area contributed by atoms with Crippen molar-refractivity contribution in [3.05, 3.63) is 36.5 Å². The summed E-state index contributed by atoms with van der Waals surface area (Å²) in [7, 11) is 0. The molecule has 3 atom stereocenters. The van der Waals surface area contributed by atoms with E-state index in [1.54, 1.807) is 0 Å². The predicted molar refractivity (Wildman–Crippen MR) is 264 cm³/mol. The fourth-order valence-corrected chi connectivity index (χ4v) is 8.12. The smallest absolute Gasteiger partial charge is 0.306 e. The molecule has 3 N–H and O–H groups in total. The first-order valence-electron chi connectivity index (χ1n) is 26.7. The van der Waals surface area contributed by atoms with Crippen LogP contribution in [0.1, 0.15) is 278 Å². The van der Waals surface area contributed by atoms with E-state index in [2.05, 4.69) is 62.5 Å². The lowest BCUT2D eigenvalue weighted by Gasteiger charge is -2.24. The fraction of sp³-hybridized carbons (Fsp3) is 0.855. The summed E-state index contributed by atoms with van der Waals surface area (Å²) in [5.74, 6) is -0.511. The Morgan fingerprint density at radius 2 is 0.836 bits per heavy atom. The highest BCUT2D eigenvalue weighted by Gasteiger charge is 2.24. The monoisotopic (exact) mass is 858 g/mol. The van der Waals surface area contributed by atoms with Crippen LogP contribution in [0.15, 0.2) is 36.5 Å². The van der Waals surface area contributed by atoms with E-state index in [1.165, 1.54) is 148 Å². The van der Waals surface area contributed by atoms with Gasteiger partial charge < -0.3 is 20.3 Å². The number of esters is 1. The number of hydrogen-bond acceptors (Lipinski definition) is 5. The van der Waals surface area contributed by atoms with Crippen molar-refractivity contribution in [3.8, 4) is 0 Å². The Labute approximate surface area is 379 Å². The second kappa shape index (κ2) is 49.1. The van der Waals surface area contributed by atoms with Crippen molar-refractivity contribution in [1.82, 2.24) is 5.32 Å². The fourth-order valence-electron chi connectivity index (χ4n) is 8.12. The van der Waals surface area contributed by atoms with Crippen LogP contribution in [0.3, 0.4) is 0 Å². The second-order valence-electron chi connectivity index (χ2n) is 18.3. The standard InChI is InChI=1S/C55H103NO5/c1-4-7-10-13-16-19-22-25-27-28-30-33-36-39-42-45-48-55(60)61-51(46-43-40-37-34-31-29-26-23-20-17-14-11-8-5-2)49-54(59)56-52(50-57)53(58)47-44-41-38-35-32-24-21-18-15-12-9-6-3/h27-31,33,51-53,57-58H,4-26,32,34-50H2,1-3H3,(H,56,59)/b28-27+,31-29+,33-30+. The van der Waals surface area contributed by atoms with Crippen LogP contribution < -0.4 is 5.32 Å². The van der Waals surface area contributed by atoms with Crippen molar-refractivity contribution >= 4 is 11.9 Å². The second-order valence-corrected chi connectivity index (χ2v) is 18.3. The molecule has 0 saturated carbocycles. The molecule has 0 aromatic rings. The zero-order chi connectivity index (χ0) is 44.5. The highest BCUT2D eigenvalue weighted by molar-refractivity contribution is 5.77. The molecule has 3 unspecified atom stereocenters. The van der Waals surface area contributed by atoms with E-state index in [0.29, 0.717) is 19.3 Å². The van der Waals surface area contributed by atoms with E-state index in [4.69, 9.17) is 4.74 Å². The van der Waals surface area contributed by atoms with E-state index >= 15 is 0 Å². The van der Waals surface area contributed by atoms with Gasteiger partial charge in [0, 0.05) is 6.42 Å². The van der Waals surface area contributed by atoms with Crippen LogP contribution in [0.2, 0.25) is 0 Å². The van der Waals surface area contributed by atoms with E-state index < -0.39 is 18.2 Å². The number of ether oxygens (including phenoxy) is 1. The average Bonchev–Trinajstić information content (AvgIpc) is 3.25. The van der Waals surface area contributed by atoms with Gasteiger partial charge in [0.25, 0.3) is 0 Å². The van der Waals surface area contributed by atoms with Crippen molar-refractivity contribution in [1.29, 1.82) is 0 Å². The molecular formula is C55H103NO5. The summed E-state index contributed by atoms with van der Waals surface area (Å²) >= 11 is 0. The molecule has 0 aromatic heterocycles. The number of aliphatic hydroxyl groups is 2. The van der Waals surface area contributed by atoms with Crippen LogP contribution in [0.25, 0.3) is 0 Å². The lowest BCUT2D eigenvalue weighted by molar-refractivity contribution is -0.151. The van der Waals surface area contributed by atoms with Crippen molar-refractivity contribution in [2.24, 2.45) is 0 Å². The number of rotatable bonds is 48. The average molecular weight is 858 g/mol. The Hall–Kier alpha value is -1.92. The van der Waals surface area contributed by atoms with Gasteiger partial charge >= 0.3 is 5.97 Å². The highest BCUT2D eigenvalue weighted by atomic mass is 16.5. The van der Waals surface area contributed by atoms with Crippen LogP contribution in [0.4, 0.5) is 0 Å². The third-order valence-corrected chi connectivity index (χ3v) is 12.2. The largest absolute Gasteiger partial charge is 0.462 e. The first kappa shape index (κ1) is 59.1. The number of carbonyl (C=O) groups is 2. The predicted octanol–water partition coefficient (Wildman–Crippen LogP) is 16.1. The van der Waals surface area contributed by atoms with Gasteiger partial charge in [-0.1, -0.05) is 224 Å². The van der Waals surface area contributed by atoms with Gasteiger partial charge in [-0.25, -0.2) is 0 Å². The molecule has 0 aliphatic carbocycles. The van der Waals surface area contributed by atoms with E-state index in [0.717, 1.165) is 83.5 Å². The zero-order valence-electron chi connectivity index (χ0n) is 40.8. The van der Waals surface area contributed by atoms with Gasteiger partial charge in [-0.3, -0.25) is 9.59 Å². The summed E-state index contributed by atoms with van der Waals surface area (Å²) in [4.78, 5) is 26.1. The summed E-state index contributed by atoms with van der Waals surface area (Å²) in [6, 6.07) is -0.709. The normalized spacial score (nSPS) is 13.5. The molecular weight excluding hydrogens is 755 g/mol. The molecule has 0 aromatic carbocycles. The van der Waals surface area contributed by atoms with Crippen LogP contribution in [-0.2, 0) is 14.3 Å². The third kappa shape index (κ3) is 44.5. The van der Waals surface area contributed by atoms with E-state index in [1.807, 2.05) is 0 Å². The van der Waals surface area contributed by atoms with Crippen molar-refractivity contribution < 1.29 is 24.5 Å². The highest BCUT2D eigenvalue weighted by Crippen LogP contribution is 2.17. The maximum absolute atomic E-state index is 13.2. The molecule has 0 bridgehead atoms. The van der Waals surface area contributed by atoms with Crippen LogP contribution in [0.5, 0.6) is 0 Å². The molecule has 0 rings (SSSR count). The minimum absolute atomic E-state index is 0.0587. The maximum atomic E-state index is 13.2. The van der Waals surface area contributed by atoms with Gasteiger partial charge in [-0.15, -0.1) is 0 Å². The van der Waals surface area contributed by atoms with Crippen molar-refractivity contribution in [3.63, 3.8) is 0 Å². The first-order chi connectivity index (χ1) is 30.0. The Morgan fingerprint density at radius 1 is 0.475 bits per heavy atom. The van der Waals surface area contributed by atoms with Gasteiger partial charge in [-0.05, 0) is 77.0 Å². The van der Waals surface area contributed by atoms with E-state index in [-0.39, 0.29) is 24.9 Å². The van der Waals surface area contributed by atoms with Crippen molar-refractivity contribution in [2.75, 3.05) is 6.61 Å². The molecule has 1 amide bonds. The number of amides is 1. The molecule has 6 nitrogen and oxygen atoms in total. The molecule has 6 heteroatoms. The zero-order valence-corrected chi connectivity index (χ0v) is 40.8. The Kier molecular flexibility index (Phi) is 47.6. The number of unbranched alkanes of at least 4 members (excludes halogenated alkanes) is 31.